The SMILES string of the molecule is CCNC(=O)C(C)Nc1ccccc1I. The van der Waals surface area contributed by atoms with Crippen molar-refractivity contribution < 1.29 is 4.79 Å². The van der Waals surface area contributed by atoms with Crippen LogP contribution in [0.1, 0.15) is 13.8 Å². The second-order valence-corrected chi connectivity index (χ2v) is 4.40. The summed E-state index contributed by atoms with van der Waals surface area (Å²) in [5, 5.41) is 5.96. The third-order valence-electron chi connectivity index (χ3n) is 1.99. The van der Waals surface area contributed by atoms with Crippen LogP contribution in [0.25, 0.3) is 0 Å². The Balaban J connectivity index is 2.62. The quantitative estimate of drug-likeness (QED) is 0.836. The third-order valence-corrected chi connectivity index (χ3v) is 2.93. The van der Waals surface area contributed by atoms with E-state index < -0.39 is 0 Å². The summed E-state index contributed by atoms with van der Waals surface area (Å²) < 4.78 is 1.12. The molecule has 2 N–H and O–H groups in total. The first-order valence-electron chi connectivity index (χ1n) is 4.94. The summed E-state index contributed by atoms with van der Waals surface area (Å²) >= 11 is 2.24. The van der Waals surface area contributed by atoms with Crippen LogP contribution in [-0.2, 0) is 4.79 Å². The Kier molecular flexibility index (Phi) is 4.87. The van der Waals surface area contributed by atoms with Crippen molar-refractivity contribution in [3.63, 3.8) is 0 Å². The molecule has 0 heterocycles. The average molecular weight is 318 g/mol. The van der Waals surface area contributed by atoms with E-state index in [0.717, 1.165) is 9.26 Å². The lowest BCUT2D eigenvalue weighted by atomic mass is 10.2. The maximum atomic E-state index is 11.5. The van der Waals surface area contributed by atoms with Gasteiger partial charge in [0.05, 0.1) is 0 Å². The van der Waals surface area contributed by atoms with Crippen molar-refractivity contribution in [2.75, 3.05) is 11.9 Å². The highest BCUT2D eigenvalue weighted by atomic mass is 127. The molecule has 1 unspecified atom stereocenters. The van der Waals surface area contributed by atoms with Crippen LogP contribution in [0.2, 0.25) is 0 Å². The van der Waals surface area contributed by atoms with Crippen LogP contribution in [0.15, 0.2) is 24.3 Å². The smallest absolute Gasteiger partial charge is 0.242 e. The van der Waals surface area contributed by atoms with Gasteiger partial charge in [-0.15, -0.1) is 0 Å². The Morgan fingerprint density at radius 1 is 1.47 bits per heavy atom. The molecular weight excluding hydrogens is 303 g/mol. The molecule has 0 aliphatic rings. The van der Waals surface area contributed by atoms with E-state index in [4.69, 9.17) is 0 Å². The van der Waals surface area contributed by atoms with Gasteiger partial charge in [-0.25, -0.2) is 0 Å². The minimum atomic E-state index is -0.208. The summed E-state index contributed by atoms with van der Waals surface area (Å²) in [5.74, 6) is 0.0251. The van der Waals surface area contributed by atoms with Crippen LogP contribution < -0.4 is 10.6 Å². The van der Waals surface area contributed by atoms with Gasteiger partial charge in [-0.3, -0.25) is 4.79 Å². The molecule has 1 aromatic carbocycles. The zero-order valence-electron chi connectivity index (χ0n) is 8.88. The molecule has 0 radical (unpaired) electrons. The second-order valence-electron chi connectivity index (χ2n) is 3.24. The summed E-state index contributed by atoms with van der Waals surface area (Å²) in [5.41, 5.74) is 0.997. The molecule has 82 valence electrons. The van der Waals surface area contributed by atoms with Gasteiger partial charge in [-0.05, 0) is 48.6 Å². The van der Waals surface area contributed by atoms with Crippen molar-refractivity contribution in [3.8, 4) is 0 Å². The highest BCUT2D eigenvalue weighted by molar-refractivity contribution is 14.1. The maximum Gasteiger partial charge on any atom is 0.242 e. The van der Waals surface area contributed by atoms with Gasteiger partial charge in [0.15, 0.2) is 0 Å². The third kappa shape index (κ3) is 3.70. The van der Waals surface area contributed by atoms with E-state index in [1.807, 2.05) is 38.1 Å². The first-order chi connectivity index (χ1) is 7.15. The van der Waals surface area contributed by atoms with Crippen LogP contribution in [0.4, 0.5) is 5.69 Å². The fraction of sp³-hybridized carbons (Fsp3) is 0.364. The van der Waals surface area contributed by atoms with Crippen molar-refractivity contribution in [2.45, 2.75) is 19.9 Å². The predicted molar refractivity (Wildman–Crippen MR) is 70.9 cm³/mol. The van der Waals surface area contributed by atoms with Gasteiger partial charge in [-0.1, -0.05) is 12.1 Å². The lowest BCUT2D eigenvalue weighted by Gasteiger charge is -2.15. The minimum absolute atomic E-state index is 0.0251. The molecule has 0 aliphatic carbocycles. The molecule has 1 aromatic rings. The molecule has 0 spiro atoms. The Labute approximate surface area is 104 Å². The minimum Gasteiger partial charge on any atom is -0.373 e. The fourth-order valence-electron chi connectivity index (χ4n) is 1.20. The molecule has 0 saturated heterocycles. The van der Waals surface area contributed by atoms with E-state index >= 15 is 0 Å². The van der Waals surface area contributed by atoms with E-state index in [1.165, 1.54) is 0 Å². The molecule has 0 bridgehead atoms. The summed E-state index contributed by atoms with van der Waals surface area (Å²) in [4.78, 5) is 11.5. The molecule has 1 amide bonds. The van der Waals surface area contributed by atoms with Gasteiger partial charge in [-0.2, -0.15) is 0 Å². The predicted octanol–water partition coefficient (Wildman–Crippen LogP) is 2.23. The first kappa shape index (κ1) is 12.3. The molecule has 0 aromatic heterocycles. The number of benzene rings is 1. The van der Waals surface area contributed by atoms with E-state index in [9.17, 15) is 4.79 Å². The van der Waals surface area contributed by atoms with Gasteiger partial charge < -0.3 is 10.6 Å². The number of likely N-dealkylation sites (N-methyl/N-ethyl adjacent to an activating group) is 1. The standard InChI is InChI=1S/C11H15IN2O/c1-3-13-11(15)8(2)14-10-7-5-4-6-9(10)12/h4-8,14H,3H2,1-2H3,(H,13,15). The molecule has 0 aliphatic heterocycles. The van der Waals surface area contributed by atoms with Crippen LogP contribution in [0.5, 0.6) is 0 Å². The van der Waals surface area contributed by atoms with E-state index in [2.05, 4.69) is 33.2 Å². The van der Waals surface area contributed by atoms with E-state index in [-0.39, 0.29) is 11.9 Å². The summed E-state index contributed by atoms with van der Waals surface area (Å²) in [6.45, 7) is 4.43. The summed E-state index contributed by atoms with van der Waals surface area (Å²) in [7, 11) is 0. The monoisotopic (exact) mass is 318 g/mol. The maximum absolute atomic E-state index is 11.5. The molecule has 15 heavy (non-hydrogen) atoms. The van der Waals surface area contributed by atoms with Crippen LogP contribution in [0, 0.1) is 3.57 Å². The Morgan fingerprint density at radius 2 is 2.13 bits per heavy atom. The van der Waals surface area contributed by atoms with Crippen molar-refractivity contribution >= 4 is 34.2 Å². The van der Waals surface area contributed by atoms with Gasteiger partial charge in [0.2, 0.25) is 5.91 Å². The number of carbonyl (C=O) groups is 1. The summed E-state index contributed by atoms with van der Waals surface area (Å²) in [6.07, 6.45) is 0. The topological polar surface area (TPSA) is 41.1 Å². The van der Waals surface area contributed by atoms with Gasteiger partial charge in [0.25, 0.3) is 0 Å². The van der Waals surface area contributed by atoms with E-state index in [1.54, 1.807) is 0 Å². The first-order valence-corrected chi connectivity index (χ1v) is 6.01. The van der Waals surface area contributed by atoms with Gasteiger partial charge >= 0.3 is 0 Å². The molecular formula is C11H15IN2O. The van der Waals surface area contributed by atoms with Crippen LogP contribution in [0.3, 0.4) is 0 Å². The average Bonchev–Trinajstić information content (AvgIpc) is 2.21. The zero-order chi connectivity index (χ0) is 11.3. The van der Waals surface area contributed by atoms with Gasteiger partial charge in [0.1, 0.15) is 6.04 Å². The Morgan fingerprint density at radius 3 is 2.73 bits per heavy atom. The zero-order valence-corrected chi connectivity index (χ0v) is 11.0. The number of amides is 1. The number of hydrogen-bond acceptors (Lipinski definition) is 2. The summed E-state index contributed by atoms with van der Waals surface area (Å²) in [6, 6.07) is 7.70. The highest BCUT2D eigenvalue weighted by Gasteiger charge is 2.11. The van der Waals surface area contributed by atoms with Crippen LogP contribution >= 0.6 is 22.6 Å². The Bertz CT molecular complexity index is 341. The normalized spacial score (nSPS) is 11.9. The van der Waals surface area contributed by atoms with Gasteiger partial charge in [0, 0.05) is 15.8 Å². The fourth-order valence-corrected chi connectivity index (χ4v) is 1.75. The molecule has 0 fully saturated rings. The number of nitrogens with one attached hydrogen (secondary N) is 2. The number of halogens is 1. The molecule has 3 nitrogen and oxygen atoms in total. The van der Waals surface area contributed by atoms with Crippen molar-refractivity contribution in [1.29, 1.82) is 0 Å². The number of para-hydroxylation sites is 1. The molecule has 0 saturated carbocycles. The van der Waals surface area contributed by atoms with Crippen LogP contribution in [-0.4, -0.2) is 18.5 Å². The number of anilines is 1. The van der Waals surface area contributed by atoms with Crippen molar-refractivity contribution in [1.82, 2.24) is 5.32 Å². The number of rotatable bonds is 4. The van der Waals surface area contributed by atoms with E-state index in [0.29, 0.717) is 6.54 Å². The second kappa shape index (κ2) is 5.95. The number of hydrogen-bond donors (Lipinski definition) is 2. The van der Waals surface area contributed by atoms with Crippen molar-refractivity contribution in [3.05, 3.63) is 27.8 Å². The number of carbonyl (C=O) groups excluding carboxylic acids is 1. The van der Waals surface area contributed by atoms with Crippen molar-refractivity contribution in [2.24, 2.45) is 0 Å². The molecule has 1 rings (SSSR count). The molecule has 1 atom stereocenters. The largest absolute Gasteiger partial charge is 0.373 e. The Hall–Kier alpha value is -0.780. The lowest BCUT2D eigenvalue weighted by molar-refractivity contribution is -0.121. The highest BCUT2D eigenvalue weighted by Crippen LogP contribution is 2.17. The molecule has 4 heteroatoms. The lowest BCUT2D eigenvalue weighted by Crippen LogP contribution is -2.37.